The molecule has 1 aliphatic heterocycles. The molecule has 96 valence electrons. The molecule has 0 aliphatic carbocycles. The summed E-state index contributed by atoms with van der Waals surface area (Å²) in [5, 5.41) is 7.54. The first-order chi connectivity index (χ1) is 8.83. The summed E-state index contributed by atoms with van der Waals surface area (Å²) < 4.78 is 7.42. The van der Waals surface area contributed by atoms with Crippen LogP contribution >= 0.6 is 0 Å². The monoisotopic (exact) mass is 247 g/mol. The molecule has 1 fully saturated rings. The summed E-state index contributed by atoms with van der Waals surface area (Å²) >= 11 is 0. The molecule has 0 bridgehead atoms. The smallest absolute Gasteiger partial charge is 0.254 e. The number of aryl methyl sites for hydroxylation is 1. The lowest BCUT2D eigenvalue weighted by Crippen LogP contribution is -2.27. The molecule has 18 heavy (non-hydrogen) atoms. The standard InChI is InChI=1S/C12H17N5O/c1-9-6-11(17-12(16-9)14-8-15-17)13-7-10-4-2-3-5-18-10/h6,8,10,13H,2-5,7H2,1H3. The zero-order valence-electron chi connectivity index (χ0n) is 10.5. The summed E-state index contributed by atoms with van der Waals surface area (Å²) in [7, 11) is 0. The lowest BCUT2D eigenvalue weighted by molar-refractivity contribution is 0.0247. The third-order valence-corrected chi connectivity index (χ3v) is 3.16. The van der Waals surface area contributed by atoms with Crippen LogP contribution in [0, 0.1) is 6.92 Å². The van der Waals surface area contributed by atoms with Gasteiger partial charge < -0.3 is 10.1 Å². The molecular weight excluding hydrogens is 230 g/mol. The summed E-state index contributed by atoms with van der Waals surface area (Å²) in [5.74, 6) is 1.55. The summed E-state index contributed by atoms with van der Waals surface area (Å²) in [6.07, 6.45) is 5.37. The van der Waals surface area contributed by atoms with Gasteiger partial charge in [0, 0.05) is 24.9 Å². The highest BCUT2D eigenvalue weighted by atomic mass is 16.5. The molecule has 1 aliphatic rings. The van der Waals surface area contributed by atoms with E-state index in [1.54, 1.807) is 4.52 Å². The number of aromatic nitrogens is 4. The Morgan fingerprint density at radius 3 is 3.28 bits per heavy atom. The van der Waals surface area contributed by atoms with Gasteiger partial charge >= 0.3 is 0 Å². The van der Waals surface area contributed by atoms with Crippen LogP contribution in [0.15, 0.2) is 12.4 Å². The van der Waals surface area contributed by atoms with E-state index in [1.165, 1.54) is 19.2 Å². The van der Waals surface area contributed by atoms with Crippen molar-refractivity contribution in [3.05, 3.63) is 18.1 Å². The predicted molar refractivity (Wildman–Crippen MR) is 67.6 cm³/mol. The minimum atomic E-state index is 0.297. The molecule has 0 aromatic carbocycles. The maximum Gasteiger partial charge on any atom is 0.254 e. The Kier molecular flexibility index (Phi) is 3.10. The minimum Gasteiger partial charge on any atom is -0.376 e. The number of fused-ring (bicyclic) bond motifs is 1. The van der Waals surface area contributed by atoms with Crippen molar-refractivity contribution in [2.45, 2.75) is 32.3 Å². The minimum absolute atomic E-state index is 0.297. The van der Waals surface area contributed by atoms with Gasteiger partial charge in [0.1, 0.15) is 12.1 Å². The van der Waals surface area contributed by atoms with E-state index in [0.717, 1.165) is 31.1 Å². The molecular formula is C12H17N5O. The second-order valence-corrected chi connectivity index (χ2v) is 4.62. The topological polar surface area (TPSA) is 64.3 Å². The third kappa shape index (κ3) is 2.28. The summed E-state index contributed by atoms with van der Waals surface area (Å²) in [6, 6.07) is 1.98. The highest BCUT2D eigenvalue weighted by Crippen LogP contribution is 2.15. The average molecular weight is 247 g/mol. The van der Waals surface area contributed by atoms with Crippen LogP contribution in [0.25, 0.3) is 5.78 Å². The van der Waals surface area contributed by atoms with E-state index in [1.807, 2.05) is 13.0 Å². The largest absolute Gasteiger partial charge is 0.376 e. The molecule has 1 N–H and O–H groups in total. The zero-order valence-corrected chi connectivity index (χ0v) is 10.5. The van der Waals surface area contributed by atoms with Crippen LogP contribution in [0.4, 0.5) is 5.82 Å². The molecule has 6 nitrogen and oxygen atoms in total. The van der Waals surface area contributed by atoms with Crippen LogP contribution in [0.5, 0.6) is 0 Å². The third-order valence-electron chi connectivity index (χ3n) is 3.16. The number of nitrogens with one attached hydrogen (secondary N) is 1. The number of hydrogen-bond donors (Lipinski definition) is 1. The zero-order chi connectivity index (χ0) is 12.4. The van der Waals surface area contributed by atoms with Crippen LogP contribution in [0.3, 0.4) is 0 Å². The molecule has 0 radical (unpaired) electrons. The van der Waals surface area contributed by atoms with Crippen molar-refractivity contribution >= 4 is 11.6 Å². The fourth-order valence-electron chi connectivity index (χ4n) is 2.24. The number of anilines is 1. The van der Waals surface area contributed by atoms with E-state index in [9.17, 15) is 0 Å². The van der Waals surface area contributed by atoms with Gasteiger partial charge in [-0.15, -0.1) is 0 Å². The lowest BCUT2D eigenvalue weighted by atomic mass is 10.1. The first kappa shape index (κ1) is 11.4. The maximum atomic E-state index is 5.70. The molecule has 2 aromatic rings. The van der Waals surface area contributed by atoms with Crippen LogP contribution in [-0.4, -0.2) is 38.8 Å². The Labute approximate surface area is 105 Å². The van der Waals surface area contributed by atoms with Crippen LogP contribution in [-0.2, 0) is 4.74 Å². The van der Waals surface area contributed by atoms with Crippen molar-refractivity contribution in [3.63, 3.8) is 0 Å². The molecule has 0 spiro atoms. The lowest BCUT2D eigenvalue weighted by Gasteiger charge is -2.23. The average Bonchev–Trinajstić information content (AvgIpc) is 2.85. The van der Waals surface area contributed by atoms with Crippen molar-refractivity contribution in [1.82, 2.24) is 19.6 Å². The molecule has 2 aromatic heterocycles. The van der Waals surface area contributed by atoms with Gasteiger partial charge in [0.25, 0.3) is 5.78 Å². The highest BCUT2D eigenvalue weighted by molar-refractivity contribution is 5.44. The van der Waals surface area contributed by atoms with E-state index in [0.29, 0.717) is 11.9 Å². The first-order valence-electron chi connectivity index (χ1n) is 6.36. The first-order valence-corrected chi connectivity index (χ1v) is 6.36. The van der Waals surface area contributed by atoms with Gasteiger partial charge in [-0.1, -0.05) is 0 Å². The summed E-state index contributed by atoms with van der Waals surface area (Å²) in [5.41, 5.74) is 0.933. The van der Waals surface area contributed by atoms with Crippen LogP contribution < -0.4 is 5.32 Å². The Bertz CT molecular complexity index is 532. The molecule has 3 heterocycles. The van der Waals surface area contributed by atoms with Gasteiger partial charge in [-0.05, 0) is 26.2 Å². The Hall–Kier alpha value is -1.69. The molecule has 1 saturated heterocycles. The van der Waals surface area contributed by atoms with E-state index in [-0.39, 0.29) is 0 Å². The van der Waals surface area contributed by atoms with Crippen molar-refractivity contribution in [3.8, 4) is 0 Å². The maximum absolute atomic E-state index is 5.70. The molecule has 1 unspecified atom stereocenters. The van der Waals surface area contributed by atoms with Gasteiger partial charge in [0.15, 0.2) is 0 Å². The van der Waals surface area contributed by atoms with Crippen molar-refractivity contribution < 1.29 is 4.74 Å². The van der Waals surface area contributed by atoms with Gasteiger partial charge in [-0.2, -0.15) is 14.6 Å². The normalized spacial score (nSPS) is 20.2. The van der Waals surface area contributed by atoms with Gasteiger partial charge in [-0.25, -0.2) is 4.98 Å². The van der Waals surface area contributed by atoms with Gasteiger partial charge in [0.2, 0.25) is 0 Å². The van der Waals surface area contributed by atoms with E-state index < -0.39 is 0 Å². The van der Waals surface area contributed by atoms with E-state index in [2.05, 4.69) is 20.4 Å². The summed E-state index contributed by atoms with van der Waals surface area (Å²) in [4.78, 5) is 8.41. The SMILES string of the molecule is Cc1cc(NCC2CCCCO2)n2ncnc2n1. The van der Waals surface area contributed by atoms with Crippen molar-refractivity contribution in [2.75, 3.05) is 18.5 Å². The van der Waals surface area contributed by atoms with Gasteiger partial charge in [-0.3, -0.25) is 0 Å². The van der Waals surface area contributed by atoms with Crippen LogP contribution in [0.2, 0.25) is 0 Å². The Morgan fingerprint density at radius 2 is 2.44 bits per heavy atom. The summed E-state index contributed by atoms with van der Waals surface area (Å²) in [6.45, 7) is 3.63. The van der Waals surface area contributed by atoms with Crippen LogP contribution in [0.1, 0.15) is 25.0 Å². The molecule has 3 rings (SSSR count). The number of nitrogens with zero attached hydrogens (tertiary/aromatic N) is 4. The van der Waals surface area contributed by atoms with Gasteiger partial charge in [0.05, 0.1) is 6.10 Å². The molecule has 1 atom stereocenters. The molecule has 0 saturated carbocycles. The predicted octanol–water partition coefficient (Wildman–Crippen LogP) is 1.41. The van der Waals surface area contributed by atoms with Crippen molar-refractivity contribution in [2.24, 2.45) is 0 Å². The fourth-order valence-corrected chi connectivity index (χ4v) is 2.24. The second kappa shape index (κ2) is 4.89. The quantitative estimate of drug-likeness (QED) is 0.888. The number of hydrogen-bond acceptors (Lipinski definition) is 5. The molecule has 6 heteroatoms. The second-order valence-electron chi connectivity index (χ2n) is 4.62. The van der Waals surface area contributed by atoms with Crippen molar-refractivity contribution in [1.29, 1.82) is 0 Å². The Morgan fingerprint density at radius 1 is 1.50 bits per heavy atom. The number of rotatable bonds is 3. The van der Waals surface area contributed by atoms with E-state index in [4.69, 9.17) is 4.74 Å². The Balaban J connectivity index is 1.75. The number of ether oxygens (including phenoxy) is 1. The van der Waals surface area contributed by atoms with E-state index >= 15 is 0 Å². The highest BCUT2D eigenvalue weighted by Gasteiger charge is 2.14. The molecule has 0 amide bonds. The fraction of sp³-hybridized carbons (Fsp3) is 0.583.